The Balaban J connectivity index is 1.34. The van der Waals surface area contributed by atoms with Gasteiger partial charge in [0.15, 0.2) is 5.17 Å². The van der Waals surface area contributed by atoms with Gasteiger partial charge in [-0.25, -0.2) is 4.99 Å². The third-order valence-electron chi connectivity index (χ3n) is 6.85. The summed E-state index contributed by atoms with van der Waals surface area (Å²) in [6.45, 7) is 0. The first-order chi connectivity index (χ1) is 17.2. The van der Waals surface area contributed by atoms with E-state index in [1.54, 1.807) is 11.8 Å². The summed E-state index contributed by atoms with van der Waals surface area (Å²) in [5.74, 6) is 0.0874. The van der Waals surface area contributed by atoms with E-state index in [2.05, 4.69) is 54.4 Å². The van der Waals surface area contributed by atoms with E-state index in [0.29, 0.717) is 0 Å². The molecule has 3 aromatic rings. The maximum atomic E-state index is 13.7. The highest BCUT2D eigenvalue weighted by atomic mass is 32.2. The van der Waals surface area contributed by atoms with E-state index in [1.165, 1.54) is 52.2 Å². The van der Waals surface area contributed by atoms with Crippen molar-refractivity contribution in [2.75, 3.05) is 11.9 Å². The third-order valence-corrected chi connectivity index (χ3v) is 8.94. The second kappa shape index (κ2) is 9.59. The molecule has 0 radical (unpaired) electrons. The molecule has 4 nitrogen and oxygen atoms in total. The number of aliphatic imine (C=N–C) groups is 1. The molecule has 0 unspecified atom stereocenters. The van der Waals surface area contributed by atoms with Gasteiger partial charge in [-0.2, -0.15) is 0 Å². The van der Waals surface area contributed by atoms with Crippen molar-refractivity contribution in [3.05, 3.63) is 83.3 Å². The summed E-state index contributed by atoms with van der Waals surface area (Å²) in [4.78, 5) is 26.0. The van der Waals surface area contributed by atoms with Crippen LogP contribution in [0.1, 0.15) is 37.7 Å². The third kappa shape index (κ3) is 4.41. The molecule has 3 aliphatic rings. The minimum Gasteiger partial charge on any atom is -0.343 e. The molecule has 0 aromatic heterocycles. The molecule has 6 rings (SSSR count). The van der Waals surface area contributed by atoms with Gasteiger partial charge < -0.3 is 4.90 Å². The number of benzene rings is 3. The Hall–Kier alpha value is -2.96. The van der Waals surface area contributed by atoms with Gasteiger partial charge in [0.1, 0.15) is 0 Å². The summed E-state index contributed by atoms with van der Waals surface area (Å²) in [7, 11) is 2.11. The lowest BCUT2D eigenvalue weighted by molar-refractivity contribution is -0.124. The van der Waals surface area contributed by atoms with E-state index in [9.17, 15) is 4.79 Å². The number of amides is 1. The Morgan fingerprint density at radius 3 is 2.43 bits per heavy atom. The van der Waals surface area contributed by atoms with Crippen LogP contribution in [0, 0.1) is 0 Å². The van der Waals surface area contributed by atoms with Crippen LogP contribution in [0.15, 0.2) is 92.5 Å². The van der Waals surface area contributed by atoms with Crippen molar-refractivity contribution < 1.29 is 4.79 Å². The largest absolute Gasteiger partial charge is 0.343 e. The van der Waals surface area contributed by atoms with Gasteiger partial charge in [0.05, 0.1) is 22.0 Å². The van der Waals surface area contributed by atoms with E-state index in [0.717, 1.165) is 34.2 Å². The minimum absolute atomic E-state index is 0.0874. The van der Waals surface area contributed by atoms with E-state index in [-0.39, 0.29) is 11.9 Å². The molecule has 0 N–H and O–H groups in total. The van der Waals surface area contributed by atoms with Crippen LogP contribution in [0.25, 0.3) is 6.08 Å². The molecule has 0 atom stereocenters. The molecule has 1 saturated heterocycles. The van der Waals surface area contributed by atoms with Crippen molar-refractivity contribution in [1.82, 2.24) is 4.90 Å². The average Bonchev–Trinajstić information content (AvgIpc) is 3.19. The number of carbonyl (C=O) groups excluding carboxylic acids is 1. The van der Waals surface area contributed by atoms with Gasteiger partial charge in [-0.15, -0.1) is 0 Å². The molecule has 1 aliphatic carbocycles. The van der Waals surface area contributed by atoms with Crippen molar-refractivity contribution >= 4 is 57.7 Å². The van der Waals surface area contributed by atoms with Crippen LogP contribution in [0.2, 0.25) is 0 Å². The second-order valence-corrected chi connectivity index (χ2v) is 11.3. The molecule has 2 fully saturated rings. The van der Waals surface area contributed by atoms with Crippen LogP contribution in [0.5, 0.6) is 0 Å². The van der Waals surface area contributed by atoms with Crippen molar-refractivity contribution in [1.29, 1.82) is 0 Å². The number of hydrogen-bond donors (Lipinski definition) is 0. The highest BCUT2D eigenvalue weighted by molar-refractivity contribution is 8.18. The molecule has 1 saturated carbocycles. The SMILES string of the molecule is CN1c2ccccc2Sc2cc(/C=C3\SC(=Nc4ccccc4)N(C4CCCCC4)C3=O)ccc21. The number of thioether (sulfide) groups is 1. The summed E-state index contributed by atoms with van der Waals surface area (Å²) < 4.78 is 0. The van der Waals surface area contributed by atoms with Crippen LogP contribution in [0.4, 0.5) is 17.1 Å². The Kier molecular flexibility index (Phi) is 6.17. The normalized spacial score (nSPS) is 20.4. The first-order valence-corrected chi connectivity index (χ1v) is 13.8. The molecule has 1 amide bonds. The Morgan fingerprint density at radius 2 is 1.60 bits per heavy atom. The number of para-hydroxylation sites is 2. The molecule has 2 aliphatic heterocycles. The number of anilines is 2. The Labute approximate surface area is 215 Å². The summed E-state index contributed by atoms with van der Waals surface area (Å²) in [6.07, 6.45) is 7.74. The van der Waals surface area contributed by atoms with E-state index < -0.39 is 0 Å². The second-order valence-electron chi connectivity index (χ2n) is 9.16. The van der Waals surface area contributed by atoms with E-state index in [4.69, 9.17) is 4.99 Å². The van der Waals surface area contributed by atoms with E-state index in [1.807, 2.05) is 41.3 Å². The summed E-state index contributed by atoms with van der Waals surface area (Å²) in [5.41, 5.74) is 4.35. The van der Waals surface area contributed by atoms with Gasteiger partial charge in [0.2, 0.25) is 0 Å². The van der Waals surface area contributed by atoms with Crippen molar-refractivity contribution in [2.24, 2.45) is 4.99 Å². The van der Waals surface area contributed by atoms with Gasteiger partial charge >= 0.3 is 0 Å². The maximum absolute atomic E-state index is 13.7. The minimum atomic E-state index is 0.0874. The lowest BCUT2D eigenvalue weighted by Crippen LogP contribution is -2.40. The molecular weight excluding hydrogens is 470 g/mol. The molecule has 0 spiro atoms. The number of fused-ring (bicyclic) bond motifs is 2. The predicted molar refractivity (Wildman–Crippen MR) is 148 cm³/mol. The Morgan fingerprint density at radius 1 is 0.857 bits per heavy atom. The van der Waals surface area contributed by atoms with Gasteiger partial charge in [-0.05, 0) is 72.6 Å². The zero-order valence-corrected chi connectivity index (χ0v) is 21.3. The fourth-order valence-corrected chi connectivity index (χ4v) is 7.29. The van der Waals surface area contributed by atoms with Crippen LogP contribution in [0.3, 0.4) is 0 Å². The predicted octanol–water partition coefficient (Wildman–Crippen LogP) is 7.86. The number of nitrogens with zero attached hydrogens (tertiary/aromatic N) is 3. The van der Waals surface area contributed by atoms with Crippen LogP contribution in [-0.4, -0.2) is 29.1 Å². The van der Waals surface area contributed by atoms with Gasteiger partial charge in [-0.3, -0.25) is 9.69 Å². The lowest BCUT2D eigenvalue weighted by atomic mass is 9.94. The lowest BCUT2D eigenvalue weighted by Gasteiger charge is -2.30. The van der Waals surface area contributed by atoms with Crippen LogP contribution >= 0.6 is 23.5 Å². The quantitative estimate of drug-likeness (QED) is 0.345. The number of rotatable bonds is 3. The Bertz CT molecular complexity index is 1330. The van der Waals surface area contributed by atoms with Crippen molar-refractivity contribution in [3.8, 4) is 0 Å². The monoisotopic (exact) mass is 497 g/mol. The molecule has 176 valence electrons. The molecule has 0 bridgehead atoms. The smallest absolute Gasteiger partial charge is 0.267 e. The standard InChI is InChI=1S/C29H27N3OS2/c1-31-23-14-8-9-15-25(23)34-26-18-20(16-17-24(26)31)19-27-28(33)32(22-12-6-3-7-13-22)29(35-27)30-21-10-4-2-5-11-21/h2,4-5,8-11,14-19,22H,3,6-7,12-13H2,1H3/b27-19-,30-29?. The van der Waals surface area contributed by atoms with Gasteiger partial charge in [0, 0.05) is 22.9 Å². The van der Waals surface area contributed by atoms with Crippen molar-refractivity contribution in [2.45, 2.75) is 47.9 Å². The van der Waals surface area contributed by atoms with Crippen molar-refractivity contribution in [3.63, 3.8) is 0 Å². The average molecular weight is 498 g/mol. The van der Waals surface area contributed by atoms with Crippen LogP contribution in [-0.2, 0) is 4.79 Å². The fourth-order valence-electron chi connectivity index (χ4n) is 5.04. The number of carbonyl (C=O) groups is 1. The molecule has 3 aromatic carbocycles. The highest BCUT2D eigenvalue weighted by Crippen LogP contribution is 2.48. The molecule has 6 heteroatoms. The number of hydrogen-bond acceptors (Lipinski definition) is 5. The molecule has 35 heavy (non-hydrogen) atoms. The zero-order chi connectivity index (χ0) is 23.8. The zero-order valence-electron chi connectivity index (χ0n) is 19.7. The molecular formula is C29H27N3OS2. The van der Waals surface area contributed by atoms with Crippen LogP contribution < -0.4 is 4.90 Å². The summed E-state index contributed by atoms with van der Waals surface area (Å²) in [5, 5.41) is 0.806. The summed E-state index contributed by atoms with van der Waals surface area (Å²) >= 11 is 3.29. The molecule has 2 heterocycles. The first-order valence-electron chi connectivity index (χ1n) is 12.2. The van der Waals surface area contributed by atoms with Gasteiger partial charge in [-0.1, -0.05) is 67.4 Å². The first kappa shape index (κ1) is 22.5. The summed E-state index contributed by atoms with van der Waals surface area (Å²) in [6, 6.07) is 25.1. The number of amidine groups is 1. The van der Waals surface area contributed by atoms with Gasteiger partial charge in [0.25, 0.3) is 5.91 Å². The topological polar surface area (TPSA) is 35.9 Å². The maximum Gasteiger partial charge on any atom is 0.267 e. The van der Waals surface area contributed by atoms with E-state index >= 15 is 0 Å². The fraction of sp³-hybridized carbons (Fsp3) is 0.241. The highest BCUT2D eigenvalue weighted by Gasteiger charge is 2.38.